The van der Waals surface area contributed by atoms with Crippen molar-refractivity contribution in [3.63, 3.8) is 0 Å². The summed E-state index contributed by atoms with van der Waals surface area (Å²) >= 11 is 12.0. The van der Waals surface area contributed by atoms with Crippen molar-refractivity contribution >= 4 is 46.7 Å². The molecule has 15 heteroatoms. The number of rotatable bonds is 4. The second-order valence-electron chi connectivity index (χ2n) is 6.68. The lowest BCUT2D eigenvalue weighted by Crippen LogP contribution is -2.44. The number of carbonyl (C=O) groups is 3. The van der Waals surface area contributed by atoms with Crippen molar-refractivity contribution in [3.8, 4) is 5.82 Å². The first-order chi connectivity index (χ1) is 15.9. The van der Waals surface area contributed by atoms with Crippen LogP contribution in [0, 0.1) is 6.92 Å². The van der Waals surface area contributed by atoms with E-state index >= 15 is 0 Å². The monoisotopic (exact) mass is 515 g/mol. The first kappa shape index (κ1) is 24.8. The van der Waals surface area contributed by atoms with Gasteiger partial charge in [0.15, 0.2) is 11.5 Å². The maximum absolute atomic E-state index is 13.3. The third-order valence-corrected chi connectivity index (χ3v) is 4.77. The van der Waals surface area contributed by atoms with Gasteiger partial charge in [-0.1, -0.05) is 23.2 Å². The highest BCUT2D eigenvalue weighted by atomic mass is 35.5. The zero-order chi connectivity index (χ0) is 25.2. The number of carbonyl (C=O) groups excluding carboxylic acids is 3. The quantitative estimate of drug-likeness (QED) is 0.393. The molecule has 0 aliphatic carbocycles. The lowest BCUT2D eigenvalue weighted by molar-refractivity contribution is -0.141. The van der Waals surface area contributed by atoms with Crippen LogP contribution in [-0.4, -0.2) is 32.6 Å². The number of pyridine rings is 1. The van der Waals surface area contributed by atoms with Crippen molar-refractivity contribution < 1.29 is 27.6 Å². The number of nitrogens with zero attached hydrogens (tertiary/aromatic N) is 3. The van der Waals surface area contributed by atoms with E-state index in [4.69, 9.17) is 28.9 Å². The second-order valence-corrected chi connectivity index (χ2v) is 7.52. The van der Waals surface area contributed by atoms with Gasteiger partial charge in [0.25, 0.3) is 11.8 Å². The van der Waals surface area contributed by atoms with Gasteiger partial charge in [0.2, 0.25) is 0 Å². The Hall–Kier alpha value is -3.84. The summed E-state index contributed by atoms with van der Waals surface area (Å²) in [5.41, 5.74) is 6.87. The van der Waals surface area contributed by atoms with Crippen LogP contribution in [0.5, 0.6) is 0 Å². The molecule has 4 amide bonds. The Labute approximate surface area is 199 Å². The van der Waals surface area contributed by atoms with E-state index in [0.29, 0.717) is 16.3 Å². The molecule has 0 bridgehead atoms. The SMILES string of the molecule is Cc1cc(Cl)cc(C(=O)NNC(N)=O)c1NC(=O)c1cc(C(F)(F)F)nn1-c1ncccc1Cl. The van der Waals surface area contributed by atoms with E-state index in [1.165, 1.54) is 37.4 Å². The molecule has 0 spiro atoms. The van der Waals surface area contributed by atoms with Crippen molar-refractivity contribution in [2.75, 3.05) is 5.32 Å². The number of amides is 4. The van der Waals surface area contributed by atoms with Gasteiger partial charge < -0.3 is 11.1 Å². The molecule has 5 N–H and O–H groups in total. The summed E-state index contributed by atoms with van der Waals surface area (Å²) in [6, 6.07) is 4.84. The normalized spacial score (nSPS) is 11.1. The molecule has 0 fully saturated rings. The Bertz CT molecular complexity index is 1290. The summed E-state index contributed by atoms with van der Waals surface area (Å²) in [5, 5.41) is 5.88. The number of alkyl halides is 3. The summed E-state index contributed by atoms with van der Waals surface area (Å²) in [6.45, 7) is 1.49. The van der Waals surface area contributed by atoms with Crippen LogP contribution >= 0.6 is 23.2 Å². The zero-order valence-electron chi connectivity index (χ0n) is 17.0. The van der Waals surface area contributed by atoms with E-state index in [-0.39, 0.29) is 27.1 Å². The molecule has 0 saturated carbocycles. The van der Waals surface area contributed by atoms with Gasteiger partial charge in [0, 0.05) is 17.3 Å². The lowest BCUT2D eigenvalue weighted by Gasteiger charge is -2.15. The van der Waals surface area contributed by atoms with Crippen LogP contribution in [0.25, 0.3) is 5.82 Å². The molecule has 0 unspecified atom stereocenters. The molecule has 2 aromatic heterocycles. The number of anilines is 1. The maximum atomic E-state index is 13.3. The fourth-order valence-electron chi connectivity index (χ4n) is 2.83. The first-order valence-electron chi connectivity index (χ1n) is 9.14. The van der Waals surface area contributed by atoms with Gasteiger partial charge in [-0.05, 0) is 36.8 Å². The summed E-state index contributed by atoms with van der Waals surface area (Å²) in [4.78, 5) is 40.3. The van der Waals surface area contributed by atoms with Crippen LogP contribution < -0.4 is 21.9 Å². The Morgan fingerprint density at radius 3 is 2.41 bits per heavy atom. The molecule has 3 rings (SSSR count). The van der Waals surface area contributed by atoms with Gasteiger partial charge in [-0.2, -0.15) is 18.3 Å². The van der Waals surface area contributed by atoms with Crippen molar-refractivity contribution in [3.05, 3.63) is 69.1 Å². The number of halogens is 5. The van der Waals surface area contributed by atoms with E-state index in [1.807, 2.05) is 10.9 Å². The summed E-state index contributed by atoms with van der Waals surface area (Å²) in [5.74, 6) is -2.19. The van der Waals surface area contributed by atoms with Gasteiger partial charge in [0.05, 0.1) is 16.3 Å². The summed E-state index contributed by atoms with van der Waals surface area (Å²) < 4.78 is 40.7. The molecule has 34 heavy (non-hydrogen) atoms. The minimum Gasteiger partial charge on any atom is -0.350 e. The van der Waals surface area contributed by atoms with E-state index in [2.05, 4.69) is 15.4 Å². The minimum absolute atomic E-state index is 0.0614. The van der Waals surface area contributed by atoms with Crippen LogP contribution in [0.4, 0.5) is 23.7 Å². The number of nitrogens with two attached hydrogens (primary N) is 1. The van der Waals surface area contributed by atoms with E-state index in [9.17, 15) is 27.6 Å². The summed E-state index contributed by atoms with van der Waals surface area (Å²) in [6.07, 6.45) is -3.61. The second kappa shape index (κ2) is 9.57. The molecule has 10 nitrogen and oxygen atoms in total. The highest BCUT2D eigenvalue weighted by Crippen LogP contribution is 2.31. The van der Waals surface area contributed by atoms with Gasteiger partial charge in [0.1, 0.15) is 5.69 Å². The van der Waals surface area contributed by atoms with Crippen molar-refractivity contribution in [1.29, 1.82) is 0 Å². The Morgan fingerprint density at radius 2 is 1.79 bits per heavy atom. The lowest BCUT2D eigenvalue weighted by atomic mass is 10.1. The van der Waals surface area contributed by atoms with Crippen LogP contribution in [-0.2, 0) is 6.18 Å². The van der Waals surface area contributed by atoms with Gasteiger partial charge in [-0.25, -0.2) is 19.9 Å². The Kier molecular flexibility index (Phi) is 6.98. The van der Waals surface area contributed by atoms with Gasteiger partial charge in [-0.3, -0.25) is 15.0 Å². The Balaban J connectivity index is 2.07. The number of benzene rings is 1. The zero-order valence-corrected chi connectivity index (χ0v) is 18.5. The highest BCUT2D eigenvalue weighted by molar-refractivity contribution is 6.32. The smallest absolute Gasteiger partial charge is 0.350 e. The van der Waals surface area contributed by atoms with Crippen LogP contribution in [0.3, 0.4) is 0 Å². The van der Waals surface area contributed by atoms with Crippen molar-refractivity contribution in [1.82, 2.24) is 25.6 Å². The maximum Gasteiger partial charge on any atom is 0.435 e. The number of hydrogen-bond acceptors (Lipinski definition) is 5. The summed E-state index contributed by atoms with van der Waals surface area (Å²) in [7, 11) is 0. The van der Waals surface area contributed by atoms with Crippen LogP contribution in [0.1, 0.15) is 32.1 Å². The number of aryl methyl sites for hydroxylation is 1. The van der Waals surface area contributed by atoms with Crippen molar-refractivity contribution in [2.45, 2.75) is 13.1 Å². The number of urea groups is 1. The fraction of sp³-hybridized carbons (Fsp3) is 0.105. The molecular formula is C19H14Cl2F3N7O3. The number of nitrogens with one attached hydrogen (secondary N) is 3. The molecular weight excluding hydrogens is 502 g/mol. The fourth-order valence-corrected chi connectivity index (χ4v) is 3.30. The van der Waals surface area contributed by atoms with Crippen LogP contribution in [0.2, 0.25) is 10.0 Å². The molecule has 0 aliphatic heterocycles. The molecule has 1 aromatic carbocycles. The number of hydrogen-bond donors (Lipinski definition) is 4. The molecule has 178 valence electrons. The average Bonchev–Trinajstić information content (AvgIpc) is 3.20. The van der Waals surface area contributed by atoms with Gasteiger partial charge >= 0.3 is 12.2 Å². The third-order valence-electron chi connectivity index (χ3n) is 4.25. The third kappa shape index (κ3) is 5.38. The molecule has 0 aliphatic rings. The first-order valence-corrected chi connectivity index (χ1v) is 9.89. The molecule has 0 radical (unpaired) electrons. The molecule has 0 saturated heterocycles. The Morgan fingerprint density at radius 1 is 1.09 bits per heavy atom. The minimum atomic E-state index is -4.87. The highest BCUT2D eigenvalue weighted by Gasteiger charge is 2.36. The average molecular weight is 516 g/mol. The number of aromatic nitrogens is 3. The van der Waals surface area contributed by atoms with E-state index in [0.717, 1.165) is 0 Å². The van der Waals surface area contributed by atoms with Gasteiger partial charge in [-0.15, -0.1) is 0 Å². The van der Waals surface area contributed by atoms with Crippen LogP contribution in [0.15, 0.2) is 36.5 Å². The topological polar surface area (TPSA) is 144 Å². The molecule has 3 aromatic rings. The van der Waals surface area contributed by atoms with Crippen molar-refractivity contribution in [2.24, 2.45) is 5.73 Å². The predicted octanol–water partition coefficient (Wildman–Crippen LogP) is 3.47. The predicted molar refractivity (Wildman–Crippen MR) is 116 cm³/mol. The molecule has 2 heterocycles. The van der Waals surface area contributed by atoms with E-state index in [1.54, 1.807) is 0 Å². The number of hydrazine groups is 1. The largest absolute Gasteiger partial charge is 0.435 e. The van der Waals surface area contributed by atoms with E-state index < -0.39 is 35.4 Å². The molecule has 0 atom stereocenters. The number of primary amides is 1. The standard InChI is InChI=1S/C19H14Cl2F3N7O3/c1-8-5-9(20)6-10(16(32)28-29-18(25)34)14(8)27-17(33)12-7-13(19(22,23)24)30-31(12)15-11(21)3-2-4-26-15/h2-7H,1H3,(H,27,33)(H,28,32)(H3,25,29,34).